The third kappa shape index (κ3) is 1.33. The number of hydrogen-bond donors (Lipinski definition) is 2. The molecule has 0 aromatic rings. The van der Waals surface area contributed by atoms with Gasteiger partial charge < -0.3 is 10.8 Å². The fourth-order valence-corrected chi connectivity index (χ4v) is 1.16. The van der Waals surface area contributed by atoms with Crippen LogP contribution in [0.5, 0.6) is 0 Å². The molecule has 0 spiro atoms. The molecule has 0 amide bonds. The summed E-state index contributed by atoms with van der Waals surface area (Å²) in [7, 11) is 0. The third-order valence-corrected chi connectivity index (χ3v) is 2.13. The van der Waals surface area contributed by atoms with Crippen molar-refractivity contribution in [3.8, 4) is 0 Å². The summed E-state index contributed by atoms with van der Waals surface area (Å²) in [6.45, 7) is 0. The maximum atomic E-state index is 7.29. The molecule has 1 aliphatic rings. The van der Waals surface area contributed by atoms with Gasteiger partial charge >= 0.3 is 0 Å². The summed E-state index contributed by atoms with van der Waals surface area (Å²) in [4.78, 5) is 1.14. The zero-order chi connectivity index (χ0) is 7.72. The molecule has 1 fully saturated rings. The molecule has 0 aliphatic heterocycles. The molecule has 10 heavy (non-hydrogen) atoms. The normalized spacial score (nSPS) is 20.0. The van der Waals surface area contributed by atoms with Crippen molar-refractivity contribution in [3.05, 3.63) is 0 Å². The monoisotopic (exact) mass is 170 g/mol. The van der Waals surface area contributed by atoms with Gasteiger partial charge in [-0.2, -0.15) is 0 Å². The maximum Gasteiger partial charge on any atom is 0.0510 e. The van der Waals surface area contributed by atoms with Crippen LogP contribution < -0.4 is 0 Å². The third-order valence-electron chi connectivity index (χ3n) is 1.35. The lowest BCUT2D eigenvalue weighted by Gasteiger charge is -2.13. The van der Waals surface area contributed by atoms with Gasteiger partial charge in [-0.25, -0.2) is 0 Å². The number of nitrogens with one attached hydrogen (secondary N) is 2. The van der Waals surface area contributed by atoms with Crippen molar-refractivity contribution in [1.82, 2.24) is 0 Å². The van der Waals surface area contributed by atoms with E-state index < -0.39 is 0 Å². The van der Waals surface area contributed by atoms with Crippen LogP contribution in [0.15, 0.2) is 0 Å². The van der Waals surface area contributed by atoms with Gasteiger partial charge in [-0.15, -0.1) is 0 Å². The van der Waals surface area contributed by atoms with Crippen molar-refractivity contribution in [3.63, 3.8) is 0 Å². The van der Waals surface area contributed by atoms with E-state index in [1.54, 1.807) is 0 Å². The second kappa shape index (κ2) is 2.64. The Bertz CT molecular complexity index is 192. The van der Waals surface area contributed by atoms with Crippen LogP contribution in [0.1, 0.15) is 12.8 Å². The Morgan fingerprint density at radius 3 is 1.50 bits per heavy atom. The van der Waals surface area contributed by atoms with E-state index >= 15 is 0 Å². The lowest BCUT2D eigenvalue weighted by atomic mass is 9.96. The molecule has 1 saturated carbocycles. The van der Waals surface area contributed by atoms with Crippen LogP contribution in [-0.2, 0) is 0 Å². The van der Waals surface area contributed by atoms with Gasteiger partial charge in [0.15, 0.2) is 0 Å². The Hall–Kier alpha value is -0.480. The average Bonchev–Trinajstić information content (AvgIpc) is 1.84. The molecule has 0 radical (unpaired) electrons. The highest BCUT2D eigenvalue weighted by Crippen LogP contribution is 2.07. The van der Waals surface area contributed by atoms with E-state index in [0.717, 1.165) is 0 Å². The van der Waals surface area contributed by atoms with Crippen molar-refractivity contribution in [1.29, 1.82) is 10.8 Å². The van der Waals surface area contributed by atoms with Gasteiger partial charge in [0.25, 0.3) is 0 Å². The Kier molecular flexibility index (Phi) is 2.01. The molecule has 0 heterocycles. The average molecular weight is 170 g/mol. The Labute approximate surface area is 69.6 Å². The quantitative estimate of drug-likeness (QED) is 0.542. The topological polar surface area (TPSA) is 47.7 Å². The highest BCUT2D eigenvalue weighted by atomic mass is 32.1. The molecule has 0 atom stereocenters. The highest BCUT2D eigenvalue weighted by Gasteiger charge is 2.19. The minimum Gasteiger partial charge on any atom is -0.304 e. The molecule has 4 heteroatoms. The summed E-state index contributed by atoms with van der Waals surface area (Å²) in [5.41, 5.74) is 0.826. The van der Waals surface area contributed by atoms with Gasteiger partial charge in [0.2, 0.25) is 0 Å². The molecule has 0 aromatic carbocycles. The van der Waals surface area contributed by atoms with Crippen LogP contribution in [0.25, 0.3) is 0 Å². The molecule has 2 nitrogen and oxygen atoms in total. The van der Waals surface area contributed by atoms with Crippen LogP contribution in [0.2, 0.25) is 0 Å². The molecule has 1 rings (SSSR count). The van der Waals surface area contributed by atoms with E-state index in [1.807, 2.05) is 0 Å². The molecule has 0 unspecified atom stereocenters. The lowest BCUT2D eigenvalue weighted by Crippen LogP contribution is -2.29. The van der Waals surface area contributed by atoms with Gasteiger partial charge in [0.05, 0.1) is 11.4 Å². The second-order valence-corrected chi connectivity index (χ2v) is 3.14. The molecule has 52 valence electrons. The number of hydrogen-bond acceptors (Lipinski definition) is 4. The minimum atomic E-state index is 0.396. The van der Waals surface area contributed by atoms with Crippen LogP contribution in [0.4, 0.5) is 0 Å². The summed E-state index contributed by atoms with van der Waals surface area (Å²) < 4.78 is 0. The maximum absolute atomic E-state index is 7.29. The van der Waals surface area contributed by atoms with E-state index in [0.29, 0.717) is 34.0 Å². The summed E-state index contributed by atoms with van der Waals surface area (Å²) in [5.74, 6) is 0. The number of thiocarbonyl (C=S) groups is 2. The fourth-order valence-electron chi connectivity index (χ4n) is 0.732. The first-order valence-electron chi connectivity index (χ1n) is 2.82. The molecule has 0 bridgehead atoms. The van der Waals surface area contributed by atoms with Crippen molar-refractivity contribution >= 4 is 45.6 Å². The van der Waals surface area contributed by atoms with Gasteiger partial charge in [-0.1, -0.05) is 24.4 Å². The van der Waals surface area contributed by atoms with Crippen molar-refractivity contribution in [2.45, 2.75) is 12.8 Å². The molecular formula is C6H6N2S2. The van der Waals surface area contributed by atoms with Crippen LogP contribution in [0, 0.1) is 10.8 Å². The van der Waals surface area contributed by atoms with Crippen molar-refractivity contribution in [2.24, 2.45) is 0 Å². The SMILES string of the molecule is N=C1CC(=S)C(=N)CC1=S. The van der Waals surface area contributed by atoms with E-state index in [1.165, 1.54) is 0 Å². The van der Waals surface area contributed by atoms with E-state index in [9.17, 15) is 0 Å². The van der Waals surface area contributed by atoms with Crippen LogP contribution >= 0.6 is 24.4 Å². The van der Waals surface area contributed by atoms with Gasteiger partial charge in [0.1, 0.15) is 0 Å². The predicted molar refractivity (Wildman–Crippen MR) is 49.9 cm³/mol. The van der Waals surface area contributed by atoms with Crippen molar-refractivity contribution in [2.75, 3.05) is 0 Å². The summed E-state index contributed by atoms with van der Waals surface area (Å²) >= 11 is 9.67. The summed E-state index contributed by atoms with van der Waals surface area (Å²) in [6.07, 6.45) is 0.792. The first-order chi connectivity index (χ1) is 4.61. The van der Waals surface area contributed by atoms with Crippen LogP contribution in [0.3, 0.4) is 0 Å². The van der Waals surface area contributed by atoms with Crippen molar-refractivity contribution < 1.29 is 0 Å². The molecule has 1 aliphatic carbocycles. The van der Waals surface area contributed by atoms with Gasteiger partial charge in [0, 0.05) is 22.6 Å². The molecule has 2 N–H and O–H groups in total. The predicted octanol–water partition coefficient (Wildman–Crippen LogP) is 1.56. The summed E-state index contributed by atoms with van der Waals surface area (Å²) in [5, 5.41) is 14.6. The first kappa shape index (κ1) is 7.63. The van der Waals surface area contributed by atoms with E-state index in [4.69, 9.17) is 35.3 Å². The lowest BCUT2D eigenvalue weighted by molar-refractivity contribution is 1.39. The zero-order valence-corrected chi connectivity index (χ0v) is 6.86. The molecule has 0 saturated heterocycles. The molecule has 0 aromatic heterocycles. The fraction of sp³-hybridized carbons (Fsp3) is 0.333. The largest absolute Gasteiger partial charge is 0.304 e. The van der Waals surface area contributed by atoms with Gasteiger partial charge in [-0.05, 0) is 0 Å². The zero-order valence-electron chi connectivity index (χ0n) is 5.23. The number of rotatable bonds is 0. The smallest absolute Gasteiger partial charge is 0.0510 e. The summed E-state index contributed by atoms with van der Waals surface area (Å²) in [6, 6.07) is 0. The first-order valence-corrected chi connectivity index (χ1v) is 3.64. The van der Waals surface area contributed by atoms with E-state index in [2.05, 4.69) is 0 Å². The van der Waals surface area contributed by atoms with Gasteiger partial charge in [-0.3, -0.25) is 0 Å². The highest BCUT2D eigenvalue weighted by molar-refractivity contribution is 7.83. The van der Waals surface area contributed by atoms with E-state index in [-0.39, 0.29) is 0 Å². The molecular weight excluding hydrogens is 164 g/mol. The van der Waals surface area contributed by atoms with Crippen LogP contribution in [-0.4, -0.2) is 21.2 Å². The second-order valence-electron chi connectivity index (χ2n) is 2.16. The Morgan fingerprint density at radius 2 is 1.20 bits per heavy atom. The Morgan fingerprint density at radius 1 is 0.900 bits per heavy atom. The minimum absolute atomic E-state index is 0.396. The standard InChI is InChI=1S/C6H6N2S2/c7-3-1-5(9)4(8)2-6(3)10/h7-8H,1-2H2. The Balaban J connectivity index is 2.82.